The fraction of sp³-hybridized carbons (Fsp3) is 0.545. The monoisotopic (exact) mass is 180 g/mol. The summed E-state index contributed by atoms with van der Waals surface area (Å²) in [7, 11) is 0. The molecule has 0 aliphatic rings. The molecule has 0 aliphatic carbocycles. The summed E-state index contributed by atoms with van der Waals surface area (Å²) < 4.78 is 7.58. The summed E-state index contributed by atoms with van der Waals surface area (Å²) >= 11 is 0. The molecule has 0 radical (unpaired) electrons. The molecular weight excluding hydrogens is 162 g/mol. The van der Waals surface area contributed by atoms with Gasteiger partial charge in [-0.25, -0.2) is 4.57 Å². The Labute approximate surface area is 80.2 Å². The molecule has 1 aromatic rings. The van der Waals surface area contributed by atoms with Crippen LogP contribution in [0.15, 0.2) is 24.5 Å². The third kappa shape index (κ3) is 3.45. The molecule has 2 nitrogen and oxygen atoms in total. The van der Waals surface area contributed by atoms with Crippen LogP contribution in [0.3, 0.4) is 0 Å². The van der Waals surface area contributed by atoms with Crippen molar-refractivity contribution in [1.29, 1.82) is 0 Å². The molecule has 0 saturated heterocycles. The van der Waals surface area contributed by atoms with E-state index < -0.39 is 0 Å². The van der Waals surface area contributed by atoms with Crippen LogP contribution in [-0.4, -0.2) is 6.61 Å². The molecule has 0 amide bonds. The second kappa shape index (κ2) is 5.57. The third-order valence-electron chi connectivity index (χ3n) is 1.91. The van der Waals surface area contributed by atoms with Crippen molar-refractivity contribution in [2.24, 2.45) is 0 Å². The van der Waals surface area contributed by atoms with Crippen molar-refractivity contribution in [3.05, 3.63) is 24.5 Å². The van der Waals surface area contributed by atoms with Gasteiger partial charge in [0.1, 0.15) is 6.54 Å². The van der Waals surface area contributed by atoms with Crippen molar-refractivity contribution in [3.63, 3.8) is 0 Å². The van der Waals surface area contributed by atoms with E-state index in [1.807, 2.05) is 19.1 Å². The van der Waals surface area contributed by atoms with Crippen LogP contribution in [-0.2, 0) is 6.54 Å². The standard InChI is InChI=1S/C11H18NO/c1-3-5-8-12-9-6-7-11(10-12)13-4-2/h6-7,9-10H,3-5,8H2,1-2H3/q+1. The summed E-state index contributed by atoms with van der Waals surface area (Å²) in [4.78, 5) is 0. The molecule has 0 N–H and O–H groups in total. The first kappa shape index (κ1) is 10.0. The number of aromatic nitrogens is 1. The molecular formula is C11H18NO+. The van der Waals surface area contributed by atoms with Gasteiger partial charge in [0.25, 0.3) is 0 Å². The molecule has 0 unspecified atom stereocenters. The topological polar surface area (TPSA) is 13.1 Å². The van der Waals surface area contributed by atoms with E-state index in [1.54, 1.807) is 0 Å². The molecule has 0 aliphatic heterocycles. The quantitative estimate of drug-likeness (QED) is 0.633. The van der Waals surface area contributed by atoms with E-state index in [-0.39, 0.29) is 0 Å². The van der Waals surface area contributed by atoms with Crippen LogP contribution < -0.4 is 9.30 Å². The Hall–Kier alpha value is -1.05. The number of hydrogen-bond donors (Lipinski definition) is 0. The number of pyridine rings is 1. The van der Waals surface area contributed by atoms with Crippen molar-refractivity contribution in [3.8, 4) is 5.75 Å². The minimum Gasteiger partial charge on any atom is -0.488 e. The number of hydrogen-bond acceptors (Lipinski definition) is 1. The predicted molar refractivity (Wildman–Crippen MR) is 52.7 cm³/mol. The van der Waals surface area contributed by atoms with E-state index in [0.717, 1.165) is 18.9 Å². The van der Waals surface area contributed by atoms with Crippen LogP contribution in [0.4, 0.5) is 0 Å². The number of nitrogens with zero attached hydrogens (tertiary/aromatic N) is 1. The van der Waals surface area contributed by atoms with Gasteiger partial charge in [-0.3, -0.25) is 0 Å². The van der Waals surface area contributed by atoms with Crippen LogP contribution in [0.25, 0.3) is 0 Å². The molecule has 1 heterocycles. The summed E-state index contributed by atoms with van der Waals surface area (Å²) in [5.41, 5.74) is 0. The van der Waals surface area contributed by atoms with E-state index in [9.17, 15) is 0 Å². The van der Waals surface area contributed by atoms with E-state index in [1.165, 1.54) is 12.8 Å². The molecule has 1 rings (SSSR count). The Balaban J connectivity index is 2.56. The van der Waals surface area contributed by atoms with Crippen LogP contribution in [0.5, 0.6) is 5.75 Å². The maximum Gasteiger partial charge on any atom is 0.211 e. The summed E-state index contributed by atoms with van der Waals surface area (Å²) in [6, 6.07) is 4.02. The Kier molecular flexibility index (Phi) is 4.30. The molecule has 13 heavy (non-hydrogen) atoms. The lowest BCUT2D eigenvalue weighted by molar-refractivity contribution is -0.697. The van der Waals surface area contributed by atoms with Gasteiger partial charge in [0, 0.05) is 12.5 Å². The zero-order valence-electron chi connectivity index (χ0n) is 8.49. The minimum absolute atomic E-state index is 0.734. The largest absolute Gasteiger partial charge is 0.488 e. The van der Waals surface area contributed by atoms with Crippen molar-refractivity contribution in [2.75, 3.05) is 6.61 Å². The summed E-state index contributed by atoms with van der Waals surface area (Å²) in [6.45, 7) is 6.02. The normalized spacial score (nSPS) is 10.0. The first-order chi connectivity index (χ1) is 6.36. The highest BCUT2D eigenvalue weighted by molar-refractivity contribution is 5.12. The fourth-order valence-corrected chi connectivity index (χ4v) is 1.23. The summed E-state index contributed by atoms with van der Waals surface area (Å²) in [5.74, 6) is 0.959. The molecule has 1 aromatic heterocycles. The maximum atomic E-state index is 5.41. The Morgan fingerprint density at radius 2 is 2.23 bits per heavy atom. The summed E-state index contributed by atoms with van der Waals surface area (Å²) in [5, 5.41) is 0. The van der Waals surface area contributed by atoms with Gasteiger partial charge < -0.3 is 4.74 Å². The van der Waals surface area contributed by atoms with Gasteiger partial charge in [-0.05, 0) is 13.0 Å². The Morgan fingerprint density at radius 1 is 1.38 bits per heavy atom. The van der Waals surface area contributed by atoms with Crippen LogP contribution in [0.1, 0.15) is 26.7 Å². The highest BCUT2D eigenvalue weighted by Crippen LogP contribution is 2.04. The van der Waals surface area contributed by atoms with Crippen LogP contribution in [0, 0.1) is 0 Å². The molecule has 0 aromatic carbocycles. The van der Waals surface area contributed by atoms with Gasteiger partial charge in [0.15, 0.2) is 11.9 Å². The van der Waals surface area contributed by atoms with E-state index in [4.69, 9.17) is 4.74 Å². The number of ether oxygens (including phenoxy) is 1. The van der Waals surface area contributed by atoms with Gasteiger partial charge in [-0.1, -0.05) is 13.3 Å². The Morgan fingerprint density at radius 3 is 2.92 bits per heavy atom. The molecule has 0 saturated carbocycles. The fourth-order valence-electron chi connectivity index (χ4n) is 1.23. The van der Waals surface area contributed by atoms with Crippen LogP contribution in [0.2, 0.25) is 0 Å². The number of unbranched alkanes of at least 4 members (excludes halogenated alkanes) is 1. The number of rotatable bonds is 5. The van der Waals surface area contributed by atoms with Crippen molar-refractivity contribution in [1.82, 2.24) is 0 Å². The lowest BCUT2D eigenvalue weighted by atomic mass is 10.3. The number of aryl methyl sites for hydroxylation is 1. The summed E-state index contributed by atoms with van der Waals surface area (Å²) in [6.07, 6.45) is 6.59. The highest BCUT2D eigenvalue weighted by atomic mass is 16.5. The van der Waals surface area contributed by atoms with Gasteiger partial charge in [0.05, 0.1) is 6.61 Å². The third-order valence-corrected chi connectivity index (χ3v) is 1.91. The first-order valence-corrected chi connectivity index (χ1v) is 4.98. The smallest absolute Gasteiger partial charge is 0.211 e. The predicted octanol–water partition coefficient (Wildman–Crippen LogP) is 2.17. The average molecular weight is 180 g/mol. The highest BCUT2D eigenvalue weighted by Gasteiger charge is 2.01. The van der Waals surface area contributed by atoms with Crippen molar-refractivity contribution < 1.29 is 9.30 Å². The molecule has 0 bridgehead atoms. The van der Waals surface area contributed by atoms with Gasteiger partial charge in [-0.2, -0.15) is 0 Å². The average Bonchev–Trinajstić information content (AvgIpc) is 2.16. The maximum absolute atomic E-state index is 5.41. The van der Waals surface area contributed by atoms with Gasteiger partial charge >= 0.3 is 0 Å². The van der Waals surface area contributed by atoms with Gasteiger partial charge in [0.2, 0.25) is 6.20 Å². The van der Waals surface area contributed by atoms with Crippen molar-refractivity contribution >= 4 is 0 Å². The molecule has 0 fully saturated rings. The van der Waals surface area contributed by atoms with E-state index >= 15 is 0 Å². The molecule has 0 spiro atoms. The van der Waals surface area contributed by atoms with Crippen LogP contribution >= 0.6 is 0 Å². The van der Waals surface area contributed by atoms with E-state index in [2.05, 4.69) is 23.9 Å². The molecule has 72 valence electrons. The molecule has 2 heteroatoms. The SMILES string of the molecule is CCCC[n+]1cccc(OCC)c1. The Bertz CT molecular complexity index is 248. The zero-order chi connectivity index (χ0) is 9.52. The van der Waals surface area contributed by atoms with Crippen molar-refractivity contribution in [2.45, 2.75) is 33.2 Å². The second-order valence-corrected chi connectivity index (χ2v) is 3.06. The lowest BCUT2D eigenvalue weighted by Crippen LogP contribution is -2.32. The van der Waals surface area contributed by atoms with E-state index in [0.29, 0.717) is 0 Å². The molecule has 0 atom stereocenters. The van der Waals surface area contributed by atoms with Gasteiger partial charge in [-0.15, -0.1) is 0 Å². The zero-order valence-corrected chi connectivity index (χ0v) is 8.49. The second-order valence-electron chi connectivity index (χ2n) is 3.06. The lowest BCUT2D eigenvalue weighted by Gasteiger charge is -2.00. The first-order valence-electron chi connectivity index (χ1n) is 4.98. The minimum atomic E-state index is 0.734.